The van der Waals surface area contributed by atoms with Gasteiger partial charge in [-0.1, -0.05) is 72.6 Å². The van der Waals surface area contributed by atoms with Gasteiger partial charge < -0.3 is 9.84 Å². The van der Waals surface area contributed by atoms with E-state index in [1.165, 1.54) is 51.4 Å². The van der Waals surface area contributed by atoms with Crippen LogP contribution in [0.2, 0.25) is 0 Å². The summed E-state index contributed by atoms with van der Waals surface area (Å²) in [7, 11) is 0. The van der Waals surface area contributed by atoms with E-state index in [0.717, 1.165) is 48.3 Å². The first-order valence-corrected chi connectivity index (χ1v) is 11.8. The summed E-state index contributed by atoms with van der Waals surface area (Å²) in [6.45, 7) is 11.8. The van der Waals surface area contributed by atoms with Crippen molar-refractivity contribution in [3.8, 4) is 11.5 Å². The Bertz CT molecular complexity index is 580. The Kier molecular flexibility index (Phi) is 9.18. The first kappa shape index (κ1) is 23.1. The average Bonchev–Trinajstić information content (AvgIpc) is 2.61. The second-order valence-corrected chi connectivity index (χ2v) is 10.2. The van der Waals surface area contributed by atoms with Crippen LogP contribution in [0.5, 0.6) is 11.5 Å². The molecule has 3 atom stereocenters. The first-order chi connectivity index (χ1) is 13.3. The summed E-state index contributed by atoms with van der Waals surface area (Å²) in [6.07, 6.45) is 14.1. The third kappa shape index (κ3) is 8.05. The Balaban J connectivity index is 1.60. The number of benzene rings is 1. The summed E-state index contributed by atoms with van der Waals surface area (Å²) >= 11 is 0. The minimum absolute atomic E-state index is 0.0470. The summed E-state index contributed by atoms with van der Waals surface area (Å²) in [4.78, 5) is 0. The Morgan fingerprint density at radius 2 is 1.54 bits per heavy atom. The van der Waals surface area contributed by atoms with E-state index in [-0.39, 0.29) is 5.60 Å². The van der Waals surface area contributed by atoms with E-state index >= 15 is 0 Å². The van der Waals surface area contributed by atoms with Crippen molar-refractivity contribution in [1.29, 1.82) is 0 Å². The van der Waals surface area contributed by atoms with E-state index < -0.39 is 0 Å². The number of aromatic hydroxyl groups is 1. The van der Waals surface area contributed by atoms with E-state index in [4.69, 9.17) is 4.74 Å². The summed E-state index contributed by atoms with van der Waals surface area (Å²) in [6, 6.07) is 5.50. The van der Waals surface area contributed by atoms with Crippen molar-refractivity contribution in [1.82, 2.24) is 0 Å². The molecule has 2 rings (SSSR count). The fourth-order valence-electron chi connectivity index (χ4n) is 4.55. The van der Waals surface area contributed by atoms with Gasteiger partial charge in [0.25, 0.3) is 0 Å². The lowest BCUT2D eigenvalue weighted by molar-refractivity contribution is 0.0523. The van der Waals surface area contributed by atoms with Crippen LogP contribution in [0.25, 0.3) is 0 Å². The van der Waals surface area contributed by atoms with Crippen LogP contribution in [-0.4, -0.2) is 10.7 Å². The molecule has 0 saturated heterocycles. The maximum absolute atomic E-state index is 9.63. The number of phenols is 1. The molecule has 1 aromatic rings. The minimum Gasteiger partial charge on any atom is -0.508 e. The molecule has 0 saturated carbocycles. The Morgan fingerprint density at radius 3 is 2.18 bits per heavy atom. The van der Waals surface area contributed by atoms with Crippen molar-refractivity contribution in [2.75, 3.05) is 0 Å². The lowest BCUT2D eigenvalue weighted by Crippen LogP contribution is -2.36. The van der Waals surface area contributed by atoms with Crippen LogP contribution in [0.3, 0.4) is 0 Å². The molecule has 0 aliphatic carbocycles. The van der Waals surface area contributed by atoms with E-state index in [9.17, 15) is 5.11 Å². The van der Waals surface area contributed by atoms with E-state index in [1.807, 2.05) is 12.1 Å². The fraction of sp³-hybridized carbons (Fsp3) is 0.769. The zero-order valence-electron chi connectivity index (χ0n) is 19.1. The highest BCUT2D eigenvalue weighted by atomic mass is 16.5. The van der Waals surface area contributed by atoms with E-state index in [0.29, 0.717) is 5.75 Å². The predicted molar refractivity (Wildman–Crippen MR) is 120 cm³/mol. The number of fused-ring (bicyclic) bond motifs is 1. The fourth-order valence-corrected chi connectivity index (χ4v) is 4.55. The van der Waals surface area contributed by atoms with E-state index in [2.05, 4.69) is 34.6 Å². The highest BCUT2D eigenvalue weighted by Gasteiger charge is 2.31. The average molecular weight is 389 g/mol. The summed E-state index contributed by atoms with van der Waals surface area (Å²) < 4.78 is 6.31. The zero-order chi connectivity index (χ0) is 20.6. The second-order valence-electron chi connectivity index (χ2n) is 10.2. The smallest absolute Gasteiger partial charge is 0.123 e. The van der Waals surface area contributed by atoms with Crippen molar-refractivity contribution in [3.63, 3.8) is 0 Å². The van der Waals surface area contributed by atoms with E-state index in [1.54, 1.807) is 6.07 Å². The van der Waals surface area contributed by atoms with Gasteiger partial charge in [0.15, 0.2) is 0 Å². The molecule has 0 aromatic heterocycles. The molecular weight excluding hydrogens is 344 g/mol. The Hall–Kier alpha value is -1.18. The Labute approximate surface area is 174 Å². The van der Waals surface area contributed by atoms with Gasteiger partial charge in [-0.25, -0.2) is 0 Å². The molecule has 0 radical (unpaired) electrons. The molecule has 1 N–H and O–H groups in total. The SMILES string of the molecule is CC(C)CCC[C@@H](C)CCC[C@@H](C)CCC[C@@]1(C)CCc2cc(O)ccc2O1. The monoisotopic (exact) mass is 388 g/mol. The van der Waals surface area contributed by atoms with Gasteiger partial charge in [0, 0.05) is 0 Å². The minimum atomic E-state index is -0.0470. The third-order valence-corrected chi connectivity index (χ3v) is 6.60. The molecule has 1 aromatic carbocycles. The molecule has 0 fully saturated rings. The number of rotatable bonds is 12. The van der Waals surface area contributed by atoms with Crippen LogP contribution < -0.4 is 4.74 Å². The van der Waals surface area contributed by atoms with Crippen LogP contribution in [0.4, 0.5) is 0 Å². The number of ether oxygens (including phenoxy) is 1. The van der Waals surface area contributed by atoms with Crippen molar-refractivity contribution < 1.29 is 9.84 Å². The summed E-state index contributed by atoms with van der Waals surface area (Å²) in [5, 5.41) is 9.63. The molecule has 1 aliphatic rings. The number of hydrogen-bond acceptors (Lipinski definition) is 2. The molecule has 0 unspecified atom stereocenters. The number of aryl methyl sites for hydroxylation is 1. The summed E-state index contributed by atoms with van der Waals surface area (Å²) in [5.74, 6) is 3.86. The third-order valence-electron chi connectivity index (χ3n) is 6.60. The molecule has 0 amide bonds. The summed E-state index contributed by atoms with van der Waals surface area (Å²) in [5.41, 5.74) is 1.10. The molecule has 0 spiro atoms. The van der Waals surface area contributed by atoms with Gasteiger partial charge in [-0.2, -0.15) is 0 Å². The van der Waals surface area contributed by atoms with Crippen LogP contribution in [0, 0.1) is 17.8 Å². The van der Waals surface area contributed by atoms with Gasteiger partial charge >= 0.3 is 0 Å². The van der Waals surface area contributed by atoms with Gasteiger partial charge in [-0.15, -0.1) is 0 Å². The number of hydrogen-bond donors (Lipinski definition) is 1. The standard InChI is InChI=1S/C26H44O2/c1-20(2)9-6-10-21(3)11-7-12-22(4)13-8-17-26(5)18-16-23-19-24(27)14-15-25(23)28-26/h14-15,19-22,27H,6-13,16-18H2,1-5H3/t21-,22-,26+/m1/s1. The van der Waals surface area contributed by atoms with Crippen LogP contribution in [-0.2, 0) is 6.42 Å². The molecule has 2 nitrogen and oxygen atoms in total. The Morgan fingerprint density at radius 1 is 0.929 bits per heavy atom. The van der Waals surface area contributed by atoms with Gasteiger partial charge in [0.2, 0.25) is 0 Å². The van der Waals surface area contributed by atoms with Gasteiger partial charge in [-0.3, -0.25) is 0 Å². The largest absolute Gasteiger partial charge is 0.508 e. The van der Waals surface area contributed by atoms with Crippen molar-refractivity contribution in [2.24, 2.45) is 17.8 Å². The van der Waals surface area contributed by atoms with Gasteiger partial charge in [0.1, 0.15) is 17.1 Å². The lowest BCUT2D eigenvalue weighted by Gasteiger charge is -2.36. The van der Waals surface area contributed by atoms with Crippen molar-refractivity contribution in [3.05, 3.63) is 23.8 Å². The predicted octanol–water partition coefficient (Wildman–Crippen LogP) is 7.92. The van der Waals surface area contributed by atoms with Crippen LogP contribution in [0.15, 0.2) is 18.2 Å². The second kappa shape index (κ2) is 11.1. The highest BCUT2D eigenvalue weighted by molar-refractivity contribution is 5.41. The van der Waals surface area contributed by atoms with Gasteiger partial charge in [-0.05, 0) is 74.1 Å². The number of phenolic OH excluding ortho intramolecular Hbond substituents is 1. The van der Waals surface area contributed by atoms with Crippen LogP contribution in [0.1, 0.15) is 104 Å². The maximum Gasteiger partial charge on any atom is 0.123 e. The molecular formula is C26H44O2. The van der Waals surface area contributed by atoms with Crippen molar-refractivity contribution in [2.45, 2.75) is 111 Å². The normalized spacial score (nSPS) is 21.2. The molecule has 1 aliphatic heterocycles. The molecule has 2 heteroatoms. The highest BCUT2D eigenvalue weighted by Crippen LogP contribution is 2.37. The topological polar surface area (TPSA) is 29.5 Å². The molecule has 0 bridgehead atoms. The zero-order valence-corrected chi connectivity index (χ0v) is 19.1. The van der Waals surface area contributed by atoms with Gasteiger partial charge in [0.05, 0.1) is 0 Å². The molecule has 28 heavy (non-hydrogen) atoms. The van der Waals surface area contributed by atoms with Crippen molar-refractivity contribution >= 4 is 0 Å². The molecule has 160 valence electrons. The maximum atomic E-state index is 9.63. The quantitative estimate of drug-likeness (QED) is 0.394. The van der Waals surface area contributed by atoms with Crippen LogP contribution >= 0.6 is 0 Å². The first-order valence-electron chi connectivity index (χ1n) is 11.8. The lowest BCUT2D eigenvalue weighted by atomic mass is 9.86. The molecule has 1 heterocycles.